The predicted molar refractivity (Wildman–Crippen MR) is 78.4 cm³/mol. The van der Waals surface area contributed by atoms with E-state index < -0.39 is 40.6 Å². The van der Waals surface area contributed by atoms with Gasteiger partial charge in [-0.3, -0.25) is 14.4 Å². The molecule has 0 radical (unpaired) electrons. The van der Waals surface area contributed by atoms with Gasteiger partial charge >= 0.3 is 23.9 Å². The average molecular weight is 340 g/mol. The van der Waals surface area contributed by atoms with Gasteiger partial charge in [-0.25, -0.2) is 4.79 Å². The molecule has 0 aromatic carbocycles. The molecule has 0 aliphatic heterocycles. The van der Waals surface area contributed by atoms with Crippen LogP contribution in [-0.2, 0) is 38.1 Å². The predicted octanol–water partition coefficient (Wildman–Crippen LogP) is 0.391. The van der Waals surface area contributed by atoms with Crippen molar-refractivity contribution in [2.24, 2.45) is 16.7 Å². The quantitative estimate of drug-likeness (QED) is 0.535. The topological polar surface area (TPSA) is 105 Å². The van der Waals surface area contributed by atoms with E-state index in [-0.39, 0.29) is 24.8 Å². The second-order valence-electron chi connectivity index (χ2n) is 5.79. The Morgan fingerprint density at radius 3 is 2.08 bits per heavy atom. The summed E-state index contributed by atoms with van der Waals surface area (Å²) in [5.74, 6) is -3.82. The van der Waals surface area contributed by atoms with Gasteiger partial charge in [-0.1, -0.05) is 6.08 Å². The van der Waals surface area contributed by atoms with Crippen molar-refractivity contribution in [3.05, 3.63) is 11.6 Å². The Balaban J connectivity index is 2.72. The van der Waals surface area contributed by atoms with E-state index in [1.54, 1.807) is 0 Å². The van der Waals surface area contributed by atoms with Crippen molar-refractivity contribution < 1.29 is 38.1 Å². The highest BCUT2D eigenvalue weighted by Gasteiger charge is 2.75. The molecule has 24 heavy (non-hydrogen) atoms. The maximum absolute atomic E-state index is 12.7. The number of carbonyl (C=O) groups is 4. The van der Waals surface area contributed by atoms with Crippen LogP contribution in [0, 0.1) is 16.7 Å². The number of carbonyl (C=O) groups excluding carboxylic acids is 4. The first-order valence-electron chi connectivity index (χ1n) is 7.41. The first kappa shape index (κ1) is 18.0. The molecular weight excluding hydrogens is 320 g/mol. The molecule has 0 saturated heterocycles. The first-order valence-corrected chi connectivity index (χ1v) is 7.41. The molecule has 1 saturated carbocycles. The van der Waals surface area contributed by atoms with Crippen molar-refractivity contribution in [2.45, 2.75) is 19.3 Å². The van der Waals surface area contributed by atoms with Crippen molar-refractivity contribution in [3.63, 3.8) is 0 Å². The monoisotopic (exact) mass is 340 g/mol. The Kier molecular flexibility index (Phi) is 4.68. The Morgan fingerprint density at radius 2 is 1.58 bits per heavy atom. The SMILES string of the molecule is COC(=O)C1=CCC2(C(=O)OC)C(C(=O)OC)CCC12C(=O)OC. The van der Waals surface area contributed by atoms with Gasteiger partial charge in [0.2, 0.25) is 0 Å². The zero-order valence-electron chi connectivity index (χ0n) is 14.0. The van der Waals surface area contributed by atoms with Gasteiger partial charge in [-0.15, -0.1) is 0 Å². The van der Waals surface area contributed by atoms with E-state index in [4.69, 9.17) is 18.9 Å². The third kappa shape index (κ3) is 1.98. The molecule has 8 nitrogen and oxygen atoms in total. The van der Waals surface area contributed by atoms with Crippen LogP contribution in [0.4, 0.5) is 0 Å². The molecule has 0 amide bonds. The zero-order valence-corrected chi connectivity index (χ0v) is 14.0. The summed E-state index contributed by atoms with van der Waals surface area (Å²) in [7, 11) is 4.72. The smallest absolute Gasteiger partial charge is 0.334 e. The molecular formula is C16H20O8. The first-order chi connectivity index (χ1) is 11.4. The van der Waals surface area contributed by atoms with Crippen molar-refractivity contribution in [1.82, 2.24) is 0 Å². The van der Waals surface area contributed by atoms with Crippen LogP contribution in [0.25, 0.3) is 0 Å². The molecule has 2 aliphatic carbocycles. The van der Waals surface area contributed by atoms with Crippen molar-refractivity contribution in [3.8, 4) is 0 Å². The summed E-state index contributed by atoms with van der Waals surface area (Å²) in [6.45, 7) is 0. The zero-order chi connectivity index (χ0) is 18.1. The standard InChI is InChI=1S/C16H20O8/c1-21-11(17)9-5-7-16(14(20)24-4)10(12(18)22-2)6-8-15(9,16)13(19)23-3/h5,10H,6-8H2,1-4H3. The van der Waals surface area contributed by atoms with E-state index >= 15 is 0 Å². The lowest BCUT2D eigenvalue weighted by atomic mass is 9.61. The van der Waals surface area contributed by atoms with E-state index in [1.807, 2.05) is 0 Å². The highest BCUT2D eigenvalue weighted by Crippen LogP contribution is 2.67. The lowest BCUT2D eigenvalue weighted by molar-refractivity contribution is -0.179. The molecule has 0 N–H and O–H groups in total. The summed E-state index contributed by atoms with van der Waals surface area (Å²) in [6.07, 6.45) is 1.70. The molecule has 0 aromatic rings. The molecule has 0 bridgehead atoms. The van der Waals surface area contributed by atoms with Crippen LogP contribution in [0.2, 0.25) is 0 Å². The van der Waals surface area contributed by atoms with Crippen LogP contribution in [-0.4, -0.2) is 52.3 Å². The molecule has 2 aliphatic rings. The summed E-state index contributed by atoms with van der Waals surface area (Å²) in [5.41, 5.74) is -3.18. The number of methoxy groups -OCH3 is 4. The van der Waals surface area contributed by atoms with E-state index in [1.165, 1.54) is 27.4 Å². The minimum atomic E-state index is -1.62. The number of esters is 4. The van der Waals surface area contributed by atoms with Crippen LogP contribution >= 0.6 is 0 Å². The van der Waals surface area contributed by atoms with Gasteiger partial charge in [0.1, 0.15) is 10.8 Å². The number of ether oxygens (including phenoxy) is 4. The number of hydrogen-bond donors (Lipinski definition) is 0. The van der Waals surface area contributed by atoms with Gasteiger partial charge in [-0.05, 0) is 19.3 Å². The normalized spacial score (nSPS) is 30.8. The molecule has 3 unspecified atom stereocenters. The summed E-state index contributed by atoms with van der Waals surface area (Å²) < 4.78 is 19.4. The van der Waals surface area contributed by atoms with Gasteiger partial charge in [-0.2, -0.15) is 0 Å². The summed E-state index contributed by atoms with van der Waals surface area (Å²) in [5, 5.41) is 0. The van der Waals surface area contributed by atoms with Crippen molar-refractivity contribution in [1.29, 1.82) is 0 Å². The molecule has 132 valence electrons. The molecule has 0 heterocycles. The van der Waals surface area contributed by atoms with E-state index in [0.29, 0.717) is 0 Å². The highest BCUT2D eigenvalue weighted by molar-refractivity contribution is 6.05. The van der Waals surface area contributed by atoms with E-state index in [2.05, 4.69) is 0 Å². The number of allylic oxidation sites excluding steroid dienone is 1. The van der Waals surface area contributed by atoms with Gasteiger partial charge in [0.15, 0.2) is 0 Å². The van der Waals surface area contributed by atoms with Gasteiger partial charge in [0, 0.05) is 0 Å². The van der Waals surface area contributed by atoms with Crippen LogP contribution < -0.4 is 0 Å². The Hall–Kier alpha value is -2.38. The lowest BCUT2D eigenvalue weighted by Crippen LogP contribution is -2.53. The summed E-state index contributed by atoms with van der Waals surface area (Å²) in [6, 6.07) is 0. The minimum Gasteiger partial charge on any atom is -0.469 e. The second-order valence-corrected chi connectivity index (χ2v) is 5.79. The van der Waals surface area contributed by atoms with Crippen LogP contribution in [0.15, 0.2) is 11.6 Å². The van der Waals surface area contributed by atoms with Crippen molar-refractivity contribution >= 4 is 23.9 Å². The molecule has 0 spiro atoms. The largest absolute Gasteiger partial charge is 0.469 e. The second kappa shape index (κ2) is 6.26. The average Bonchev–Trinajstić information content (AvgIpc) is 3.12. The Labute approximate surface area is 139 Å². The summed E-state index contributed by atoms with van der Waals surface area (Å²) >= 11 is 0. The van der Waals surface area contributed by atoms with Crippen molar-refractivity contribution in [2.75, 3.05) is 28.4 Å². The minimum absolute atomic E-state index is 0.0149. The lowest BCUT2D eigenvalue weighted by Gasteiger charge is -2.39. The van der Waals surface area contributed by atoms with Crippen LogP contribution in [0.5, 0.6) is 0 Å². The van der Waals surface area contributed by atoms with Gasteiger partial charge in [0.25, 0.3) is 0 Å². The van der Waals surface area contributed by atoms with Crippen LogP contribution in [0.3, 0.4) is 0 Å². The van der Waals surface area contributed by atoms with E-state index in [9.17, 15) is 19.2 Å². The fourth-order valence-corrected chi connectivity index (χ4v) is 4.24. The fraction of sp³-hybridized carbons (Fsp3) is 0.625. The molecule has 3 atom stereocenters. The Bertz CT molecular complexity index is 622. The third-order valence-corrected chi connectivity index (χ3v) is 5.23. The Morgan fingerprint density at radius 1 is 0.958 bits per heavy atom. The maximum Gasteiger partial charge on any atom is 0.334 e. The van der Waals surface area contributed by atoms with Gasteiger partial charge < -0.3 is 18.9 Å². The molecule has 1 fully saturated rings. The molecule has 8 heteroatoms. The fourth-order valence-electron chi connectivity index (χ4n) is 4.24. The number of fused-ring (bicyclic) bond motifs is 1. The van der Waals surface area contributed by atoms with Gasteiger partial charge in [0.05, 0.1) is 39.9 Å². The number of hydrogen-bond acceptors (Lipinski definition) is 8. The van der Waals surface area contributed by atoms with E-state index in [0.717, 1.165) is 7.11 Å². The third-order valence-electron chi connectivity index (χ3n) is 5.23. The summed E-state index contributed by atoms with van der Waals surface area (Å²) in [4.78, 5) is 49.9. The molecule has 2 rings (SSSR count). The maximum atomic E-state index is 12.7. The molecule has 0 aromatic heterocycles. The number of rotatable bonds is 4. The van der Waals surface area contributed by atoms with Crippen LogP contribution in [0.1, 0.15) is 19.3 Å². The highest BCUT2D eigenvalue weighted by atomic mass is 16.5.